The molecule has 0 bridgehead atoms. The number of halogens is 1. The van der Waals surface area contributed by atoms with Gasteiger partial charge in [0.1, 0.15) is 0 Å². The lowest BCUT2D eigenvalue weighted by Gasteiger charge is -2.07. The summed E-state index contributed by atoms with van der Waals surface area (Å²) in [6, 6.07) is 13.9. The number of thiophene rings is 1. The summed E-state index contributed by atoms with van der Waals surface area (Å²) in [5, 5.41) is 12.5. The van der Waals surface area contributed by atoms with Crippen molar-refractivity contribution in [1.82, 2.24) is 0 Å². The van der Waals surface area contributed by atoms with E-state index in [0.717, 1.165) is 12.0 Å². The highest BCUT2D eigenvalue weighted by Gasteiger charge is 2.07. The van der Waals surface area contributed by atoms with Crippen molar-refractivity contribution in [2.45, 2.75) is 24.6 Å². The van der Waals surface area contributed by atoms with Crippen molar-refractivity contribution >= 4 is 28.9 Å². The van der Waals surface area contributed by atoms with Gasteiger partial charge in [-0.2, -0.15) is 11.3 Å². The van der Waals surface area contributed by atoms with E-state index in [-0.39, 0.29) is 11.8 Å². The van der Waals surface area contributed by atoms with Crippen LogP contribution in [-0.4, -0.2) is 16.5 Å². The van der Waals surface area contributed by atoms with Gasteiger partial charge >= 0.3 is 5.97 Å². The first-order chi connectivity index (χ1) is 9.18. The summed E-state index contributed by atoms with van der Waals surface area (Å²) in [6.07, 6.45) is 1.39. The summed E-state index contributed by atoms with van der Waals surface area (Å²) >= 11 is 7.71. The lowest BCUT2D eigenvalue weighted by atomic mass is 10.1. The van der Waals surface area contributed by atoms with Gasteiger partial charge in [-0.1, -0.05) is 42.5 Å². The Hall–Kier alpha value is -1.32. The van der Waals surface area contributed by atoms with Gasteiger partial charge in [0.2, 0.25) is 0 Å². The summed E-state index contributed by atoms with van der Waals surface area (Å²) in [5.41, 5.74) is 1.15. The molecular weight excluding hydrogens is 280 g/mol. The SMILES string of the molecule is O=C(O)CCC(Cl)Cc1ccccc1.c1ccsc1. The van der Waals surface area contributed by atoms with Gasteiger partial charge in [0.05, 0.1) is 0 Å². The molecule has 1 aromatic carbocycles. The first-order valence-corrected chi connectivity index (χ1v) is 7.43. The zero-order chi connectivity index (χ0) is 13.9. The Morgan fingerprint density at radius 2 is 1.79 bits per heavy atom. The van der Waals surface area contributed by atoms with Crippen LogP contribution in [0.15, 0.2) is 53.2 Å². The molecule has 0 aliphatic rings. The second-order valence-corrected chi connectivity index (χ2v) is 5.45. The average molecular weight is 297 g/mol. The zero-order valence-corrected chi connectivity index (χ0v) is 12.1. The van der Waals surface area contributed by atoms with Crippen LogP contribution < -0.4 is 0 Å². The lowest BCUT2D eigenvalue weighted by molar-refractivity contribution is -0.137. The van der Waals surface area contributed by atoms with Crippen LogP contribution >= 0.6 is 22.9 Å². The molecule has 102 valence electrons. The molecule has 0 saturated heterocycles. The molecule has 0 spiro atoms. The van der Waals surface area contributed by atoms with Gasteiger partial charge in [0, 0.05) is 11.8 Å². The number of hydrogen-bond acceptors (Lipinski definition) is 2. The Labute approximate surface area is 122 Å². The fourth-order valence-corrected chi connectivity index (χ4v) is 2.22. The predicted octanol–water partition coefficient (Wildman–Crippen LogP) is 4.45. The van der Waals surface area contributed by atoms with E-state index < -0.39 is 5.97 Å². The van der Waals surface area contributed by atoms with Crippen LogP contribution in [0.1, 0.15) is 18.4 Å². The number of carboxylic acids is 1. The minimum Gasteiger partial charge on any atom is -0.481 e. The quantitative estimate of drug-likeness (QED) is 0.828. The van der Waals surface area contributed by atoms with Crippen molar-refractivity contribution < 1.29 is 9.90 Å². The van der Waals surface area contributed by atoms with Crippen LogP contribution in [0.2, 0.25) is 0 Å². The van der Waals surface area contributed by atoms with Crippen molar-refractivity contribution in [3.8, 4) is 0 Å². The molecule has 4 heteroatoms. The van der Waals surface area contributed by atoms with Gasteiger partial charge in [-0.15, -0.1) is 11.6 Å². The van der Waals surface area contributed by atoms with Gasteiger partial charge in [0.25, 0.3) is 0 Å². The molecule has 0 aliphatic heterocycles. The molecule has 1 N–H and O–H groups in total. The van der Waals surface area contributed by atoms with Crippen LogP contribution in [0, 0.1) is 0 Å². The van der Waals surface area contributed by atoms with E-state index in [2.05, 4.69) is 0 Å². The lowest BCUT2D eigenvalue weighted by Crippen LogP contribution is -2.06. The van der Waals surface area contributed by atoms with E-state index in [1.165, 1.54) is 0 Å². The second-order valence-electron chi connectivity index (χ2n) is 4.01. The monoisotopic (exact) mass is 296 g/mol. The Kier molecular flexibility index (Phi) is 7.94. The topological polar surface area (TPSA) is 37.3 Å². The second kappa shape index (κ2) is 9.59. The largest absolute Gasteiger partial charge is 0.481 e. The molecule has 0 aliphatic carbocycles. The van der Waals surface area contributed by atoms with Crippen LogP contribution in [0.5, 0.6) is 0 Å². The van der Waals surface area contributed by atoms with Crippen molar-refractivity contribution in [2.24, 2.45) is 0 Å². The fraction of sp³-hybridized carbons (Fsp3) is 0.267. The number of aliphatic carboxylic acids is 1. The first-order valence-electron chi connectivity index (χ1n) is 6.05. The third-order valence-corrected chi connectivity index (χ3v) is 3.40. The molecule has 0 saturated carbocycles. The van der Waals surface area contributed by atoms with Crippen molar-refractivity contribution in [2.75, 3.05) is 0 Å². The highest BCUT2D eigenvalue weighted by Crippen LogP contribution is 2.12. The molecule has 2 nitrogen and oxygen atoms in total. The Morgan fingerprint density at radius 3 is 2.26 bits per heavy atom. The maximum Gasteiger partial charge on any atom is 0.303 e. The van der Waals surface area contributed by atoms with E-state index >= 15 is 0 Å². The van der Waals surface area contributed by atoms with Crippen molar-refractivity contribution in [3.63, 3.8) is 0 Å². The normalized spacial score (nSPS) is 11.2. The first kappa shape index (κ1) is 15.7. The molecule has 2 rings (SSSR count). The van der Waals surface area contributed by atoms with Crippen LogP contribution in [0.3, 0.4) is 0 Å². The number of hydrogen-bond donors (Lipinski definition) is 1. The molecule has 1 unspecified atom stereocenters. The maximum atomic E-state index is 10.3. The Bertz CT molecular complexity index is 425. The molecule has 1 atom stereocenters. The third-order valence-electron chi connectivity index (χ3n) is 2.40. The standard InChI is InChI=1S/C11H13ClO2.C4H4S/c12-10(6-7-11(13)14)8-9-4-2-1-3-5-9;1-2-4-5-3-1/h1-5,10H,6-8H2,(H,13,14);1-4H. The van der Waals surface area contributed by atoms with Gasteiger partial charge in [0.15, 0.2) is 0 Å². The van der Waals surface area contributed by atoms with Crippen LogP contribution in [0.25, 0.3) is 0 Å². The highest BCUT2D eigenvalue weighted by molar-refractivity contribution is 7.07. The van der Waals surface area contributed by atoms with Crippen LogP contribution in [-0.2, 0) is 11.2 Å². The van der Waals surface area contributed by atoms with Gasteiger partial charge < -0.3 is 5.11 Å². The molecular formula is C15H17ClO2S. The van der Waals surface area contributed by atoms with Gasteiger partial charge in [-0.3, -0.25) is 4.79 Å². The number of carbonyl (C=O) groups is 1. The van der Waals surface area contributed by atoms with E-state index in [1.807, 2.05) is 53.2 Å². The Balaban J connectivity index is 0.000000300. The number of rotatable bonds is 5. The summed E-state index contributed by atoms with van der Waals surface area (Å²) in [7, 11) is 0. The summed E-state index contributed by atoms with van der Waals surface area (Å²) < 4.78 is 0. The minimum absolute atomic E-state index is 0.0894. The van der Waals surface area contributed by atoms with Crippen molar-refractivity contribution in [3.05, 3.63) is 58.8 Å². The van der Waals surface area contributed by atoms with E-state index in [0.29, 0.717) is 6.42 Å². The molecule has 19 heavy (non-hydrogen) atoms. The molecule has 0 radical (unpaired) electrons. The van der Waals surface area contributed by atoms with Gasteiger partial charge in [-0.05, 0) is 29.2 Å². The molecule has 0 amide bonds. The molecule has 0 fully saturated rings. The molecule has 1 heterocycles. The van der Waals surface area contributed by atoms with E-state index in [4.69, 9.17) is 16.7 Å². The fourth-order valence-electron chi connectivity index (χ4n) is 1.48. The average Bonchev–Trinajstić information content (AvgIpc) is 2.97. The molecule has 1 aromatic heterocycles. The number of alkyl halides is 1. The van der Waals surface area contributed by atoms with Crippen LogP contribution in [0.4, 0.5) is 0 Å². The van der Waals surface area contributed by atoms with Crippen molar-refractivity contribution in [1.29, 1.82) is 0 Å². The predicted molar refractivity (Wildman–Crippen MR) is 81.0 cm³/mol. The van der Waals surface area contributed by atoms with E-state index in [1.54, 1.807) is 11.3 Å². The van der Waals surface area contributed by atoms with E-state index in [9.17, 15) is 4.79 Å². The smallest absolute Gasteiger partial charge is 0.303 e. The minimum atomic E-state index is -0.788. The third kappa shape index (κ3) is 8.41. The maximum absolute atomic E-state index is 10.3. The summed E-state index contributed by atoms with van der Waals surface area (Å²) in [5.74, 6) is -0.788. The number of benzene rings is 1. The van der Waals surface area contributed by atoms with Gasteiger partial charge in [-0.25, -0.2) is 0 Å². The molecule has 2 aromatic rings. The highest BCUT2D eigenvalue weighted by atomic mass is 35.5. The summed E-state index contributed by atoms with van der Waals surface area (Å²) in [6.45, 7) is 0. The zero-order valence-electron chi connectivity index (χ0n) is 10.5. The Morgan fingerprint density at radius 1 is 1.16 bits per heavy atom. The summed E-state index contributed by atoms with van der Waals surface area (Å²) in [4.78, 5) is 10.3. The number of carboxylic acid groups (broad SMARTS) is 1.